The third-order valence-electron chi connectivity index (χ3n) is 3.90. The molecule has 1 heterocycles. The van der Waals surface area contributed by atoms with Crippen molar-refractivity contribution >= 4 is 11.9 Å². The lowest BCUT2D eigenvalue weighted by molar-refractivity contribution is -0.134. The van der Waals surface area contributed by atoms with Gasteiger partial charge in [0.15, 0.2) is 6.10 Å². The van der Waals surface area contributed by atoms with Gasteiger partial charge in [0.2, 0.25) is 0 Å². The van der Waals surface area contributed by atoms with Crippen LogP contribution in [-0.4, -0.2) is 23.6 Å². The highest BCUT2D eigenvalue weighted by molar-refractivity contribution is 5.87. The molecule has 0 aromatic heterocycles. The minimum Gasteiger partial charge on any atom is -0.478 e. The molecule has 1 aliphatic heterocycles. The molecule has 2 aromatic rings. The number of carboxylic acids is 1. The molecule has 23 heavy (non-hydrogen) atoms. The van der Waals surface area contributed by atoms with Gasteiger partial charge in [-0.2, -0.15) is 0 Å². The van der Waals surface area contributed by atoms with Crippen LogP contribution in [0.25, 0.3) is 0 Å². The lowest BCUT2D eigenvalue weighted by atomic mass is 9.97. The van der Waals surface area contributed by atoms with Crippen LogP contribution in [0, 0.1) is 0 Å². The van der Waals surface area contributed by atoms with Crippen LogP contribution >= 0.6 is 0 Å². The van der Waals surface area contributed by atoms with Gasteiger partial charge in [-0.05, 0) is 35.2 Å². The minimum atomic E-state index is -0.965. The molecule has 0 unspecified atom stereocenters. The molecular weight excluding hydrogens is 294 g/mol. The third kappa shape index (κ3) is 3.40. The summed E-state index contributed by atoms with van der Waals surface area (Å²) in [6.07, 6.45) is 0.231. The molecule has 1 aliphatic rings. The van der Waals surface area contributed by atoms with Gasteiger partial charge in [0, 0.05) is 6.54 Å². The van der Waals surface area contributed by atoms with Crippen LogP contribution in [0.2, 0.25) is 0 Å². The maximum atomic E-state index is 12.4. The molecule has 0 fully saturated rings. The minimum absolute atomic E-state index is 0.181. The molecule has 0 saturated carbocycles. The highest BCUT2D eigenvalue weighted by Gasteiger charge is 2.26. The highest BCUT2D eigenvalue weighted by Crippen LogP contribution is 2.27. The van der Waals surface area contributed by atoms with Crippen LogP contribution in [0.4, 0.5) is 0 Å². The van der Waals surface area contributed by atoms with Crippen molar-refractivity contribution in [1.29, 1.82) is 0 Å². The Balaban J connectivity index is 1.65. The fraction of sp³-hybridized carbons (Fsp3) is 0.222. The van der Waals surface area contributed by atoms with E-state index in [1.54, 1.807) is 12.1 Å². The van der Waals surface area contributed by atoms with Crippen LogP contribution in [0.1, 0.15) is 33.2 Å². The van der Waals surface area contributed by atoms with Crippen LogP contribution < -0.4 is 5.32 Å². The average molecular weight is 311 g/mol. The highest BCUT2D eigenvalue weighted by atomic mass is 16.5. The van der Waals surface area contributed by atoms with Crippen molar-refractivity contribution in [2.45, 2.75) is 19.1 Å². The Kier molecular flexibility index (Phi) is 4.39. The van der Waals surface area contributed by atoms with E-state index in [2.05, 4.69) is 5.32 Å². The Morgan fingerprint density at radius 3 is 2.61 bits per heavy atom. The molecule has 0 saturated heterocycles. The second-order valence-electron chi connectivity index (χ2n) is 5.42. The number of carbonyl (C=O) groups excluding carboxylic acids is 1. The zero-order valence-corrected chi connectivity index (χ0v) is 12.5. The summed E-state index contributed by atoms with van der Waals surface area (Å²) < 4.78 is 5.62. The monoisotopic (exact) mass is 311 g/mol. The third-order valence-corrected chi connectivity index (χ3v) is 3.90. The number of rotatable bonds is 4. The maximum Gasteiger partial charge on any atom is 0.335 e. The Hall–Kier alpha value is -2.66. The molecule has 2 aromatic carbocycles. The predicted molar refractivity (Wildman–Crippen MR) is 84.1 cm³/mol. The molecule has 118 valence electrons. The van der Waals surface area contributed by atoms with Gasteiger partial charge >= 0.3 is 5.97 Å². The number of fused-ring (bicyclic) bond motifs is 1. The fourth-order valence-electron chi connectivity index (χ4n) is 2.66. The number of hydrogen-bond acceptors (Lipinski definition) is 3. The fourth-order valence-corrected chi connectivity index (χ4v) is 2.66. The van der Waals surface area contributed by atoms with Gasteiger partial charge in [-0.25, -0.2) is 4.79 Å². The molecular formula is C18H17NO4. The quantitative estimate of drug-likeness (QED) is 0.908. The number of carboxylic acid groups (broad SMARTS) is 1. The van der Waals surface area contributed by atoms with Gasteiger partial charge in [0.1, 0.15) is 0 Å². The first-order valence-electron chi connectivity index (χ1n) is 7.44. The standard InChI is InChI=1S/C18H17NO4/c20-17(16-15-4-2-1-3-13(15)9-10-23-16)19-11-12-5-7-14(8-6-12)18(21)22/h1-8,16H,9-11H2,(H,19,20)(H,21,22)/t16-/m0/s1. The largest absolute Gasteiger partial charge is 0.478 e. The Bertz CT molecular complexity index is 724. The Morgan fingerprint density at radius 2 is 1.87 bits per heavy atom. The molecule has 5 nitrogen and oxygen atoms in total. The van der Waals surface area contributed by atoms with Crippen LogP contribution in [0.3, 0.4) is 0 Å². The van der Waals surface area contributed by atoms with E-state index in [4.69, 9.17) is 9.84 Å². The summed E-state index contributed by atoms with van der Waals surface area (Å²) >= 11 is 0. The van der Waals surface area contributed by atoms with Crippen molar-refractivity contribution < 1.29 is 19.4 Å². The van der Waals surface area contributed by atoms with E-state index < -0.39 is 12.1 Å². The number of amides is 1. The molecule has 0 radical (unpaired) electrons. The lowest BCUT2D eigenvalue weighted by Gasteiger charge is -2.25. The first kappa shape index (κ1) is 15.2. The van der Waals surface area contributed by atoms with Gasteiger partial charge in [-0.3, -0.25) is 4.79 Å². The van der Waals surface area contributed by atoms with Crippen LogP contribution in [0.5, 0.6) is 0 Å². The number of hydrogen-bond donors (Lipinski definition) is 2. The van der Waals surface area contributed by atoms with Crippen molar-refractivity contribution in [3.8, 4) is 0 Å². The van der Waals surface area contributed by atoms with Gasteiger partial charge in [0.05, 0.1) is 12.2 Å². The molecule has 0 bridgehead atoms. The van der Waals surface area contributed by atoms with Crippen molar-refractivity contribution in [2.24, 2.45) is 0 Å². The number of nitrogens with one attached hydrogen (secondary N) is 1. The molecule has 0 aliphatic carbocycles. The molecule has 1 amide bonds. The average Bonchev–Trinajstić information content (AvgIpc) is 2.59. The number of ether oxygens (including phenoxy) is 1. The van der Waals surface area contributed by atoms with E-state index in [-0.39, 0.29) is 11.5 Å². The topological polar surface area (TPSA) is 75.6 Å². The molecule has 0 spiro atoms. The maximum absolute atomic E-state index is 12.4. The summed E-state index contributed by atoms with van der Waals surface area (Å²) in [5.74, 6) is -1.15. The Morgan fingerprint density at radius 1 is 1.13 bits per heavy atom. The predicted octanol–water partition coefficient (Wildman–Crippen LogP) is 2.32. The summed E-state index contributed by atoms with van der Waals surface area (Å²) in [5, 5.41) is 11.7. The van der Waals surface area contributed by atoms with Crippen molar-refractivity contribution in [2.75, 3.05) is 6.61 Å². The first-order valence-corrected chi connectivity index (χ1v) is 7.44. The normalized spacial score (nSPS) is 16.4. The summed E-state index contributed by atoms with van der Waals surface area (Å²) in [6, 6.07) is 14.2. The summed E-state index contributed by atoms with van der Waals surface area (Å²) in [6.45, 7) is 0.864. The summed E-state index contributed by atoms with van der Waals surface area (Å²) in [7, 11) is 0. The van der Waals surface area contributed by atoms with Gasteiger partial charge in [0.25, 0.3) is 5.91 Å². The molecule has 5 heteroatoms. The summed E-state index contributed by atoms with van der Waals surface area (Å²) in [5.41, 5.74) is 3.12. The van der Waals surface area contributed by atoms with Crippen molar-refractivity contribution in [1.82, 2.24) is 5.32 Å². The molecule has 3 rings (SSSR count). The van der Waals surface area contributed by atoms with Gasteiger partial charge < -0.3 is 15.2 Å². The number of carbonyl (C=O) groups is 2. The van der Waals surface area contributed by atoms with Crippen molar-refractivity contribution in [3.05, 3.63) is 70.8 Å². The SMILES string of the molecule is O=C(O)c1ccc(CNC(=O)[C@H]2OCCc3ccccc32)cc1. The van der Waals surface area contributed by atoms with E-state index in [0.717, 1.165) is 23.1 Å². The second-order valence-corrected chi connectivity index (χ2v) is 5.42. The van der Waals surface area contributed by atoms with Crippen molar-refractivity contribution in [3.63, 3.8) is 0 Å². The van der Waals surface area contributed by atoms with E-state index in [1.807, 2.05) is 24.3 Å². The smallest absolute Gasteiger partial charge is 0.335 e. The first-order chi connectivity index (χ1) is 11.1. The van der Waals surface area contributed by atoms with Crippen LogP contribution in [0.15, 0.2) is 48.5 Å². The van der Waals surface area contributed by atoms with E-state index in [9.17, 15) is 9.59 Å². The molecule has 2 N–H and O–H groups in total. The lowest BCUT2D eigenvalue weighted by Crippen LogP contribution is -2.33. The van der Waals surface area contributed by atoms with E-state index in [1.165, 1.54) is 12.1 Å². The van der Waals surface area contributed by atoms with E-state index in [0.29, 0.717) is 13.2 Å². The number of benzene rings is 2. The van der Waals surface area contributed by atoms with Crippen LogP contribution in [-0.2, 0) is 22.5 Å². The van der Waals surface area contributed by atoms with Gasteiger partial charge in [-0.1, -0.05) is 36.4 Å². The van der Waals surface area contributed by atoms with E-state index >= 15 is 0 Å². The Labute approximate surface area is 133 Å². The zero-order valence-electron chi connectivity index (χ0n) is 12.5. The summed E-state index contributed by atoms with van der Waals surface area (Å²) in [4.78, 5) is 23.2. The molecule has 1 atom stereocenters. The number of aromatic carboxylic acids is 1. The van der Waals surface area contributed by atoms with Gasteiger partial charge in [-0.15, -0.1) is 0 Å². The zero-order chi connectivity index (χ0) is 16.2. The second kappa shape index (κ2) is 6.62.